The topological polar surface area (TPSA) is 42.0 Å². The van der Waals surface area contributed by atoms with Crippen LogP contribution < -0.4 is 5.32 Å². The Hall–Kier alpha value is -0.620. The Balaban J connectivity index is 2.07. The molecule has 2 aromatic heterocycles. The summed E-state index contributed by atoms with van der Waals surface area (Å²) in [6.45, 7) is 0. The van der Waals surface area contributed by atoms with Crippen molar-refractivity contribution in [3.05, 3.63) is 32.4 Å². The van der Waals surface area contributed by atoms with Gasteiger partial charge in [-0.15, -0.1) is 34.3 Å². The minimum Gasteiger partial charge on any atom is -0.297 e. The number of carbonyl (C=O) groups excluding carboxylic acids is 1. The number of thiophene rings is 1. The van der Waals surface area contributed by atoms with Crippen molar-refractivity contribution in [1.82, 2.24) is 4.98 Å². The minimum atomic E-state index is -0.202. The average Bonchev–Trinajstić information content (AvgIpc) is 2.87. The fraction of sp³-hybridized carbons (Fsp3) is 0.111. The van der Waals surface area contributed by atoms with E-state index in [0.717, 1.165) is 5.69 Å². The van der Waals surface area contributed by atoms with Crippen molar-refractivity contribution in [3.63, 3.8) is 0 Å². The van der Waals surface area contributed by atoms with Gasteiger partial charge in [-0.1, -0.05) is 11.6 Å². The Morgan fingerprint density at radius 2 is 2.31 bits per heavy atom. The lowest BCUT2D eigenvalue weighted by Crippen LogP contribution is -2.09. The van der Waals surface area contributed by atoms with Crippen molar-refractivity contribution in [2.45, 2.75) is 5.88 Å². The molecule has 0 saturated carbocycles. The van der Waals surface area contributed by atoms with Crippen LogP contribution in [0.5, 0.6) is 0 Å². The first-order valence-electron chi connectivity index (χ1n) is 4.26. The van der Waals surface area contributed by atoms with E-state index in [1.807, 2.05) is 5.38 Å². The Bertz CT molecular complexity index is 509. The van der Waals surface area contributed by atoms with Crippen LogP contribution in [0.15, 0.2) is 17.5 Å². The second-order valence-corrected chi connectivity index (χ2v) is 5.68. The van der Waals surface area contributed by atoms with E-state index >= 15 is 0 Å². The van der Waals surface area contributed by atoms with E-state index in [1.54, 1.807) is 12.1 Å². The molecule has 0 aliphatic carbocycles. The first-order chi connectivity index (χ1) is 7.69. The Labute approximate surface area is 110 Å². The number of thiazole rings is 1. The highest BCUT2D eigenvalue weighted by molar-refractivity contribution is 7.18. The predicted octanol–water partition coefficient (Wildman–Crippen LogP) is 3.85. The van der Waals surface area contributed by atoms with Gasteiger partial charge in [0, 0.05) is 5.38 Å². The van der Waals surface area contributed by atoms with Crippen molar-refractivity contribution in [2.75, 3.05) is 5.32 Å². The standard InChI is InChI=1S/C9H6Cl2N2OS2/c10-3-5-4-15-9(12-5)13-8(14)6-1-2-7(11)16-6/h1-2,4H,3H2,(H,12,13,14). The summed E-state index contributed by atoms with van der Waals surface area (Å²) in [5.74, 6) is 0.143. The largest absolute Gasteiger partial charge is 0.297 e. The second-order valence-electron chi connectivity index (χ2n) is 2.84. The summed E-state index contributed by atoms with van der Waals surface area (Å²) in [5.41, 5.74) is 0.756. The highest BCUT2D eigenvalue weighted by Gasteiger charge is 2.10. The molecule has 2 rings (SSSR count). The number of anilines is 1. The molecule has 2 aromatic rings. The summed E-state index contributed by atoms with van der Waals surface area (Å²) in [7, 11) is 0. The number of alkyl halides is 1. The normalized spacial score (nSPS) is 10.4. The Morgan fingerprint density at radius 1 is 1.50 bits per heavy atom. The van der Waals surface area contributed by atoms with Crippen LogP contribution in [0, 0.1) is 0 Å². The lowest BCUT2D eigenvalue weighted by Gasteiger charge is -1.97. The summed E-state index contributed by atoms with van der Waals surface area (Å²) in [6, 6.07) is 3.37. The van der Waals surface area contributed by atoms with Crippen LogP contribution in [0.4, 0.5) is 5.13 Å². The molecule has 0 aromatic carbocycles. The molecule has 1 N–H and O–H groups in total. The molecule has 0 aliphatic rings. The monoisotopic (exact) mass is 292 g/mol. The molecule has 0 saturated heterocycles. The van der Waals surface area contributed by atoms with Gasteiger partial charge in [-0.2, -0.15) is 0 Å². The third kappa shape index (κ3) is 2.74. The molecular weight excluding hydrogens is 287 g/mol. The molecule has 84 valence electrons. The molecule has 7 heteroatoms. The SMILES string of the molecule is O=C(Nc1nc(CCl)cs1)c1ccc(Cl)s1. The first-order valence-corrected chi connectivity index (χ1v) is 6.87. The zero-order chi connectivity index (χ0) is 11.5. The Kier molecular flexibility index (Phi) is 3.81. The summed E-state index contributed by atoms with van der Waals surface area (Å²) in [4.78, 5) is 16.4. The molecule has 0 aliphatic heterocycles. The van der Waals surface area contributed by atoms with Crippen molar-refractivity contribution >= 4 is 56.9 Å². The van der Waals surface area contributed by atoms with Crippen molar-refractivity contribution in [1.29, 1.82) is 0 Å². The molecule has 0 spiro atoms. The van der Waals surface area contributed by atoms with E-state index < -0.39 is 0 Å². The van der Waals surface area contributed by atoms with Crippen LogP contribution in [0.1, 0.15) is 15.4 Å². The molecule has 1 amide bonds. The quantitative estimate of drug-likeness (QED) is 0.873. The minimum absolute atomic E-state index is 0.202. The molecule has 2 heterocycles. The lowest BCUT2D eigenvalue weighted by molar-refractivity contribution is 0.103. The van der Waals surface area contributed by atoms with Gasteiger partial charge in [0.15, 0.2) is 5.13 Å². The van der Waals surface area contributed by atoms with Gasteiger partial charge in [0.1, 0.15) is 0 Å². The van der Waals surface area contributed by atoms with Gasteiger partial charge in [-0.25, -0.2) is 4.98 Å². The van der Waals surface area contributed by atoms with Gasteiger partial charge >= 0.3 is 0 Å². The predicted molar refractivity (Wildman–Crippen MR) is 69.0 cm³/mol. The fourth-order valence-electron chi connectivity index (χ4n) is 1.02. The molecular formula is C9H6Cl2N2OS2. The van der Waals surface area contributed by atoms with Crippen LogP contribution in [0.3, 0.4) is 0 Å². The second kappa shape index (κ2) is 5.14. The third-order valence-electron chi connectivity index (χ3n) is 1.71. The van der Waals surface area contributed by atoms with E-state index in [-0.39, 0.29) is 5.91 Å². The van der Waals surface area contributed by atoms with Crippen LogP contribution in [-0.4, -0.2) is 10.9 Å². The van der Waals surface area contributed by atoms with E-state index in [4.69, 9.17) is 23.2 Å². The van der Waals surface area contributed by atoms with Gasteiger partial charge < -0.3 is 0 Å². The average molecular weight is 293 g/mol. The van der Waals surface area contributed by atoms with Crippen LogP contribution >= 0.6 is 45.9 Å². The molecule has 3 nitrogen and oxygen atoms in total. The number of nitrogens with zero attached hydrogens (tertiary/aromatic N) is 1. The number of rotatable bonds is 3. The maximum atomic E-state index is 11.7. The van der Waals surface area contributed by atoms with Crippen molar-refractivity contribution in [3.8, 4) is 0 Å². The number of hydrogen-bond acceptors (Lipinski definition) is 4. The van der Waals surface area contributed by atoms with Crippen molar-refractivity contribution < 1.29 is 4.79 Å². The van der Waals surface area contributed by atoms with Gasteiger partial charge in [0.2, 0.25) is 0 Å². The number of amides is 1. The molecule has 0 bridgehead atoms. The van der Waals surface area contributed by atoms with Crippen molar-refractivity contribution in [2.24, 2.45) is 0 Å². The van der Waals surface area contributed by atoms with Crippen LogP contribution in [0.25, 0.3) is 0 Å². The number of halogens is 2. The summed E-state index contributed by atoms with van der Waals surface area (Å²) >= 11 is 13.9. The fourth-order valence-corrected chi connectivity index (χ4v) is 2.89. The van der Waals surface area contributed by atoms with Gasteiger partial charge in [-0.3, -0.25) is 10.1 Å². The molecule has 0 radical (unpaired) electrons. The smallest absolute Gasteiger partial charge is 0.267 e. The molecule has 16 heavy (non-hydrogen) atoms. The van der Waals surface area contributed by atoms with Gasteiger partial charge in [-0.05, 0) is 12.1 Å². The molecule has 0 atom stereocenters. The summed E-state index contributed by atoms with van der Waals surface area (Å²) in [5, 5.41) is 5.04. The highest BCUT2D eigenvalue weighted by Crippen LogP contribution is 2.23. The summed E-state index contributed by atoms with van der Waals surface area (Å²) < 4.78 is 0.589. The lowest BCUT2D eigenvalue weighted by atomic mass is 10.4. The number of carbonyl (C=O) groups is 1. The molecule has 0 fully saturated rings. The highest BCUT2D eigenvalue weighted by atomic mass is 35.5. The van der Waals surface area contributed by atoms with E-state index in [0.29, 0.717) is 20.2 Å². The maximum absolute atomic E-state index is 11.7. The van der Waals surface area contributed by atoms with E-state index in [2.05, 4.69) is 10.3 Å². The number of nitrogens with one attached hydrogen (secondary N) is 1. The molecule has 0 unspecified atom stereocenters. The first kappa shape index (κ1) is 11.9. The number of aromatic nitrogens is 1. The maximum Gasteiger partial charge on any atom is 0.267 e. The van der Waals surface area contributed by atoms with Gasteiger partial charge in [0.25, 0.3) is 5.91 Å². The number of hydrogen-bond donors (Lipinski definition) is 1. The zero-order valence-electron chi connectivity index (χ0n) is 7.87. The van der Waals surface area contributed by atoms with Crippen LogP contribution in [-0.2, 0) is 5.88 Å². The van der Waals surface area contributed by atoms with E-state index in [1.165, 1.54) is 22.7 Å². The zero-order valence-corrected chi connectivity index (χ0v) is 11.0. The van der Waals surface area contributed by atoms with Gasteiger partial charge in [0.05, 0.1) is 20.8 Å². The van der Waals surface area contributed by atoms with Crippen LogP contribution in [0.2, 0.25) is 4.34 Å². The third-order valence-corrected chi connectivity index (χ3v) is 4.02. The Morgan fingerprint density at radius 3 is 2.88 bits per heavy atom. The summed E-state index contributed by atoms with van der Waals surface area (Å²) in [6.07, 6.45) is 0. The van der Waals surface area contributed by atoms with E-state index in [9.17, 15) is 4.79 Å².